The van der Waals surface area contributed by atoms with Crippen molar-refractivity contribution in [2.45, 2.75) is 84.7 Å². The largest absolute Gasteiger partial charge is 0.488 e. The van der Waals surface area contributed by atoms with Crippen molar-refractivity contribution < 1.29 is 33.3 Å². The van der Waals surface area contributed by atoms with Gasteiger partial charge in [-0.15, -0.1) is 0 Å². The van der Waals surface area contributed by atoms with Crippen LogP contribution >= 0.6 is 0 Å². The molecule has 3 N–H and O–H groups in total. The molecule has 3 amide bonds. The molecule has 0 aliphatic carbocycles. The molecule has 0 radical (unpaired) electrons. The predicted molar refractivity (Wildman–Crippen MR) is 219 cm³/mol. The molecule has 5 aromatic rings. The van der Waals surface area contributed by atoms with E-state index in [1.165, 1.54) is 7.11 Å². The van der Waals surface area contributed by atoms with Crippen LogP contribution in [0.25, 0.3) is 44.2 Å². The number of aromatic amines is 2. The predicted octanol–water partition coefficient (Wildman–Crippen LogP) is 7.90. The smallest absolute Gasteiger partial charge is 0.410 e. The minimum Gasteiger partial charge on any atom is -0.488 e. The fraction of sp³-hybridized carbons (Fsp3) is 0.477. The number of hydrogen-bond acceptors (Lipinski definition) is 9. The van der Waals surface area contributed by atoms with Gasteiger partial charge in [-0.3, -0.25) is 9.69 Å². The van der Waals surface area contributed by atoms with Gasteiger partial charge in [0.2, 0.25) is 5.91 Å². The summed E-state index contributed by atoms with van der Waals surface area (Å²) in [6.07, 6.45) is 2.32. The fourth-order valence-corrected chi connectivity index (χ4v) is 8.77. The summed E-state index contributed by atoms with van der Waals surface area (Å²) in [5.41, 5.74) is 6.06. The van der Waals surface area contributed by atoms with Crippen LogP contribution in [-0.4, -0.2) is 93.4 Å². The molecule has 0 bridgehead atoms. The minimum atomic E-state index is -0.707. The molecule has 5 atom stereocenters. The number of ether oxygens (including phenoxy) is 4. The minimum absolute atomic E-state index is 0.120. The molecule has 0 spiro atoms. The maximum atomic E-state index is 13.8. The van der Waals surface area contributed by atoms with E-state index in [9.17, 15) is 14.4 Å². The lowest BCUT2D eigenvalue weighted by Gasteiger charge is -2.30. The van der Waals surface area contributed by atoms with Gasteiger partial charge < -0.3 is 39.1 Å². The molecule has 5 heterocycles. The molecule has 58 heavy (non-hydrogen) atoms. The normalized spacial score (nSPS) is 20.9. The Morgan fingerprint density at radius 3 is 2.50 bits per heavy atom. The van der Waals surface area contributed by atoms with E-state index in [1.54, 1.807) is 12.0 Å². The lowest BCUT2D eigenvalue weighted by Crippen LogP contribution is -2.51. The zero-order valence-corrected chi connectivity index (χ0v) is 34.5. The van der Waals surface area contributed by atoms with Crippen LogP contribution in [0.3, 0.4) is 0 Å². The van der Waals surface area contributed by atoms with E-state index in [0.717, 1.165) is 74.2 Å². The monoisotopic (exact) mass is 791 g/mol. The molecule has 2 fully saturated rings. The Kier molecular flexibility index (Phi) is 10.3. The molecule has 306 valence electrons. The number of nitrogens with one attached hydrogen (secondary N) is 3. The molecule has 14 heteroatoms. The molecule has 14 nitrogen and oxygen atoms in total. The highest BCUT2D eigenvalue weighted by Gasteiger charge is 2.41. The third-order valence-corrected chi connectivity index (χ3v) is 11.5. The average molecular weight is 792 g/mol. The summed E-state index contributed by atoms with van der Waals surface area (Å²) in [6.45, 7) is 13.6. The second kappa shape index (κ2) is 15.3. The van der Waals surface area contributed by atoms with Crippen molar-refractivity contribution in [2.75, 3.05) is 33.9 Å². The van der Waals surface area contributed by atoms with Gasteiger partial charge in [-0.2, -0.15) is 0 Å². The van der Waals surface area contributed by atoms with Crippen molar-refractivity contribution in [1.82, 2.24) is 35.1 Å². The number of hydrogen-bond donors (Lipinski definition) is 3. The van der Waals surface area contributed by atoms with Gasteiger partial charge in [0.1, 0.15) is 35.6 Å². The molecular weight excluding hydrogens is 739 g/mol. The van der Waals surface area contributed by atoms with Gasteiger partial charge in [-0.05, 0) is 91.8 Å². The number of alkyl carbamates (subject to hydrolysis) is 1. The van der Waals surface area contributed by atoms with Crippen LogP contribution in [0.2, 0.25) is 0 Å². The summed E-state index contributed by atoms with van der Waals surface area (Å²) in [6, 6.07) is 13.5. The molecule has 3 aliphatic rings. The van der Waals surface area contributed by atoms with Crippen LogP contribution in [0.15, 0.2) is 48.7 Å². The van der Waals surface area contributed by atoms with Crippen molar-refractivity contribution in [3.8, 4) is 28.1 Å². The Bertz CT molecular complexity index is 2380. The van der Waals surface area contributed by atoms with Crippen LogP contribution < -0.4 is 10.1 Å². The number of aromatic nitrogens is 4. The summed E-state index contributed by atoms with van der Waals surface area (Å²) in [5.74, 6) is 2.40. The number of imidazole rings is 2. The van der Waals surface area contributed by atoms with Gasteiger partial charge in [-0.25, -0.2) is 19.6 Å². The highest BCUT2D eigenvalue weighted by Crippen LogP contribution is 2.44. The standard InChI is InChI=1S/C44H53N7O7/c1-23(2)37(49-42(53)56-8)41(52)50-19-24(3)13-34(50)39-45-18-33(47-39)27-9-11-29-28(15-27)22-57-36-17-30-26(16-31(29)36)10-12-32-38(30)48-40(46-32)35-14-25(21-55-7)20-51(35)43(54)58-44(4,5)6/h9-12,15-18,23-25,34-35,37H,13-14,19-22H2,1-8H3,(H,45,47)(H,46,48)(H,49,53)/t24-,25-,34-,35-,37?/m0/s1. The first-order chi connectivity index (χ1) is 27.7. The number of fused-ring (bicyclic) bond motifs is 6. The molecule has 8 rings (SSSR count). The fourth-order valence-electron chi connectivity index (χ4n) is 8.77. The van der Waals surface area contributed by atoms with Crippen molar-refractivity contribution in [1.29, 1.82) is 0 Å². The third kappa shape index (κ3) is 7.45. The summed E-state index contributed by atoms with van der Waals surface area (Å²) < 4.78 is 22.5. The number of benzene rings is 3. The maximum Gasteiger partial charge on any atom is 0.410 e. The zero-order valence-electron chi connectivity index (χ0n) is 34.5. The number of carbonyl (C=O) groups is 3. The number of likely N-dealkylation sites (tertiary alicyclic amines) is 2. The molecular formula is C44H53N7O7. The average Bonchev–Trinajstić information content (AvgIpc) is 4.00. The molecule has 2 saturated heterocycles. The quantitative estimate of drug-likeness (QED) is 0.142. The Morgan fingerprint density at radius 2 is 1.76 bits per heavy atom. The van der Waals surface area contributed by atoms with Crippen LogP contribution in [0.4, 0.5) is 9.59 Å². The molecule has 1 unspecified atom stereocenters. The van der Waals surface area contributed by atoms with Crippen LogP contribution in [-0.2, 0) is 25.6 Å². The number of H-pyrrole nitrogens is 2. The van der Waals surface area contributed by atoms with Crippen LogP contribution in [0, 0.1) is 17.8 Å². The molecule has 3 aliphatic heterocycles. The zero-order chi connectivity index (χ0) is 41.0. The Morgan fingerprint density at radius 1 is 0.966 bits per heavy atom. The van der Waals surface area contributed by atoms with Crippen molar-refractivity contribution in [3.05, 3.63) is 65.9 Å². The Hall–Kier alpha value is -5.63. The highest BCUT2D eigenvalue weighted by atomic mass is 16.6. The van der Waals surface area contributed by atoms with Gasteiger partial charge in [-0.1, -0.05) is 39.0 Å². The number of amides is 3. The highest BCUT2D eigenvalue weighted by molar-refractivity contribution is 6.07. The van der Waals surface area contributed by atoms with Gasteiger partial charge in [0, 0.05) is 37.1 Å². The van der Waals surface area contributed by atoms with Crippen molar-refractivity contribution in [3.63, 3.8) is 0 Å². The van der Waals surface area contributed by atoms with Crippen LogP contribution in [0.1, 0.15) is 83.7 Å². The van der Waals surface area contributed by atoms with Crippen molar-refractivity contribution in [2.24, 2.45) is 17.8 Å². The van der Waals surface area contributed by atoms with E-state index < -0.39 is 17.7 Å². The first-order valence-electron chi connectivity index (χ1n) is 20.1. The van der Waals surface area contributed by atoms with E-state index >= 15 is 0 Å². The summed E-state index contributed by atoms with van der Waals surface area (Å²) in [4.78, 5) is 59.7. The van der Waals surface area contributed by atoms with Crippen molar-refractivity contribution >= 4 is 39.9 Å². The summed E-state index contributed by atoms with van der Waals surface area (Å²) in [7, 11) is 2.98. The van der Waals surface area contributed by atoms with Gasteiger partial charge in [0.25, 0.3) is 0 Å². The molecule has 3 aromatic carbocycles. The van der Waals surface area contributed by atoms with E-state index in [1.807, 2.05) is 51.8 Å². The number of rotatable bonds is 8. The lowest BCUT2D eigenvalue weighted by atomic mass is 9.92. The molecule has 2 aromatic heterocycles. The SMILES string of the molecule is COC[C@H]1C[C@@H](c2nc3c(ccc4cc5c(cc43)OCc3cc(-c4cnc([C@@H]6C[C@H](C)CN6C(=O)C(NC(=O)OC)C(C)C)[nH]4)ccc3-5)[nH]2)N(C(=O)OC(C)(C)C)C1. The van der Waals surface area contributed by atoms with Gasteiger partial charge in [0.05, 0.1) is 48.7 Å². The van der Waals surface area contributed by atoms with Crippen LogP contribution in [0.5, 0.6) is 5.75 Å². The molecule has 0 saturated carbocycles. The summed E-state index contributed by atoms with van der Waals surface area (Å²) in [5, 5.41) is 4.72. The van der Waals surface area contributed by atoms with Gasteiger partial charge in [0.15, 0.2) is 0 Å². The van der Waals surface area contributed by atoms with E-state index in [2.05, 4.69) is 58.6 Å². The summed E-state index contributed by atoms with van der Waals surface area (Å²) >= 11 is 0. The maximum absolute atomic E-state index is 13.8. The number of methoxy groups -OCH3 is 2. The van der Waals surface area contributed by atoms with E-state index in [4.69, 9.17) is 28.9 Å². The Balaban J connectivity index is 1.05. The third-order valence-electron chi connectivity index (χ3n) is 11.5. The number of nitrogens with zero attached hydrogens (tertiary/aromatic N) is 4. The second-order valence-electron chi connectivity index (χ2n) is 17.4. The van der Waals surface area contributed by atoms with Gasteiger partial charge >= 0.3 is 12.2 Å². The number of carbonyl (C=O) groups excluding carboxylic acids is 3. The first kappa shape index (κ1) is 39.2. The topological polar surface area (TPSA) is 164 Å². The van der Waals surface area contributed by atoms with E-state index in [0.29, 0.717) is 32.1 Å². The lowest BCUT2D eigenvalue weighted by molar-refractivity contribution is -0.135. The first-order valence-corrected chi connectivity index (χ1v) is 20.1. The van der Waals surface area contributed by atoms with E-state index in [-0.39, 0.29) is 41.8 Å². The Labute approximate surface area is 338 Å². The second-order valence-corrected chi connectivity index (χ2v) is 17.4.